The van der Waals surface area contributed by atoms with Crippen LogP contribution in [-0.4, -0.2) is 36.7 Å². The summed E-state index contributed by atoms with van der Waals surface area (Å²) in [5, 5.41) is 0. The molecule has 1 rings (SSSR count). The molecule has 20 heavy (non-hydrogen) atoms. The van der Waals surface area contributed by atoms with Crippen LogP contribution in [0.2, 0.25) is 0 Å². The largest absolute Gasteiger partial charge is 0.389 e. The maximum absolute atomic E-state index is 14.3. The zero-order valence-corrected chi connectivity index (χ0v) is 13.2. The van der Waals surface area contributed by atoms with Crippen LogP contribution in [0.4, 0.5) is 4.39 Å². The molecule has 1 aromatic rings. The maximum atomic E-state index is 14.3. The van der Waals surface area contributed by atoms with Crippen LogP contribution in [0.15, 0.2) is 18.2 Å². The van der Waals surface area contributed by atoms with Crippen molar-refractivity contribution < 1.29 is 9.13 Å². The molecule has 0 aliphatic carbocycles. The van der Waals surface area contributed by atoms with Gasteiger partial charge in [-0.3, -0.25) is 4.90 Å². The van der Waals surface area contributed by atoms with E-state index in [4.69, 9.17) is 22.7 Å². The monoisotopic (exact) mass is 298 g/mol. The molecule has 0 radical (unpaired) electrons. The highest BCUT2D eigenvalue weighted by Gasteiger charge is 2.14. The van der Waals surface area contributed by atoms with E-state index in [9.17, 15) is 4.39 Å². The molecule has 0 aliphatic heterocycles. The highest BCUT2D eigenvalue weighted by atomic mass is 32.1. The topological polar surface area (TPSA) is 38.5 Å². The highest BCUT2D eigenvalue weighted by molar-refractivity contribution is 7.80. The van der Waals surface area contributed by atoms with E-state index in [0.717, 1.165) is 13.1 Å². The number of rotatable bonds is 8. The summed E-state index contributed by atoms with van der Waals surface area (Å²) in [6.45, 7) is 7.10. The van der Waals surface area contributed by atoms with Gasteiger partial charge in [-0.05, 0) is 12.0 Å². The predicted octanol–water partition coefficient (Wildman–Crippen LogP) is 2.56. The van der Waals surface area contributed by atoms with Crippen LogP contribution in [0.5, 0.6) is 0 Å². The summed E-state index contributed by atoms with van der Waals surface area (Å²) >= 11 is 4.87. The maximum Gasteiger partial charge on any atom is 0.137 e. The van der Waals surface area contributed by atoms with Crippen LogP contribution in [-0.2, 0) is 11.3 Å². The van der Waals surface area contributed by atoms with E-state index in [2.05, 4.69) is 18.7 Å². The number of benzene rings is 1. The molecule has 5 heteroatoms. The van der Waals surface area contributed by atoms with Gasteiger partial charge < -0.3 is 10.5 Å². The van der Waals surface area contributed by atoms with E-state index in [1.165, 1.54) is 0 Å². The molecular weight excluding hydrogens is 275 g/mol. The quantitative estimate of drug-likeness (QED) is 0.749. The molecular formula is C15H23FN2OS. The second-order valence-corrected chi connectivity index (χ2v) is 5.70. The molecule has 0 atom stereocenters. The lowest BCUT2D eigenvalue weighted by molar-refractivity contribution is 0.135. The normalized spacial score (nSPS) is 11.3. The standard InChI is InChI=1S/C15H23FN2OS/c1-11(2)9-18(7-8-19-3)10-12-5-4-6-13(14(12)16)15(17)20/h4-6,11H,7-10H2,1-3H3,(H2,17,20). The minimum absolute atomic E-state index is 0.0941. The number of hydrogen-bond donors (Lipinski definition) is 1. The Labute approximate surface area is 125 Å². The number of thiocarbonyl (C=S) groups is 1. The van der Waals surface area contributed by atoms with E-state index in [-0.39, 0.29) is 10.8 Å². The Morgan fingerprint density at radius 3 is 2.70 bits per heavy atom. The van der Waals surface area contributed by atoms with Crippen LogP contribution < -0.4 is 5.73 Å². The van der Waals surface area contributed by atoms with Gasteiger partial charge in [0.05, 0.1) is 6.61 Å². The third kappa shape index (κ3) is 5.15. The third-order valence-corrected chi connectivity index (χ3v) is 3.19. The first kappa shape index (κ1) is 17.0. The van der Waals surface area contributed by atoms with Gasteiger partial charge in [0.2, 0.25) is 0 Å². The highest BCUT2D eigenvalue weighted by Crippen LogP contribution is 2.16. The van der Waals surface area contributed by atoms with Gasteiger partial charge in [0.15, 0.2) is 0 Å². The molecule has 0 aromatic heterocycles. The first-order valence-corrected chi connectivity index (χ1v) is 7.15. The summed E-state index contributed by atoms with van der Waals surface area (Å²) in [4.78, 5) is 2.27. The molecule has 0 saturated carbocycles. The Hall–Kier alpha value is -1.04. The first-order chi connectivity index (χ1) is 9.45. The Kier molecular flexibility index (Phi) is 7.05. The summed E-state index contributed by atoms with van der Waals surface area (Å²) < 4.78 is 19.4. The van der Waals surface area contributed by atoms with Crippen molar-refractivity contribution in [2.24, 2.45) is 11.7 Å². The van der Waals surface area contributed by atoms with Crippen molar-refractivity contribution in [3.63, 3.8) is 0 Å². The van der Waals surface area contributed by atoms with E-state index < -0.39 is 0 Å². The molecule has 0 unspecified atom stereocenters. The second-order valence-electron chi connectivity index (χ2n) is 5.26. The second kappa shape index (κ2) is 8.29. The van der Waals surface area contributed by atoms with Gasteiger partial charge in [-0.1, -0.05) is 38.2 Å². The van der Waals surface area contributed by atoms with Gasteiger partial charge in [0.25, 0.3) is 0 Å². The Bertz CT molecular complexity index is 451. The van der Waals surface area contributed by atoms with E-state index >= 15 is 0 Å². The molecule has 0 heterocycles. The number of nitrogens with zero attached hydrogens (tertiary/aromatic N) is 1. The van der Waals surface area contributed by atoms with E-state index in [1.807, 2.05) is 0 Å². The van der Waals surface area contributed by atoms with E-state index in [1.54, 1.807) is 25.3 Å². The SMILES string of the molecule is COCCN(Cc1cccc(C(N)=S)c1F)CC(C)C. The lowest BCUT2D eigenvalue weighted by Gasteiger charge is -2.24. The van der Waals surface area contributed by atoms with Crippen LogP contribution >= 0.6 is 12.2 Å². The average molecular weight is 298 g/mol. The van der Waals surface area contributed by atoms with Gasteiger partial charge in [-0.15, -0.1) is 0 Å². The summed E-state index contributed by atoms with van der Waals surface area (Å²) in [6.07, 6.45) is 0. The number of halogens is 1. The fourth-order valence-electron chi connectivity index (χ4n) is 2.10. The Balaban J connectivity index is 2.87. The molecule has 0 saturated heterocycles. The molecule has 3 nitrogen and oxygen atoms in total. The van der Waals surface area contributed by atoms with Crippen LogP contribution in [0.3, 0.4) is 0 Å². The minimum Gasteiger partial charge on any atom is -0.389 e. The smallest absolute Gasteiger partial charge is 0.137 e. The fourth-order valence-corrected chi connectivity index (χ4v) is 2.26. The zero-order chi connectivity index (χ0) is 15.1. The van der Waals surface area contributed by atoms with Gasteiger partial charge in [0, 0.05) is 37.9 Å². The predicted molar refractivity (Wildman–Crippen MR) is 84.3 cm³/mol. The van der Waals surface area contributed by atoms with Crippen LogP contribution in [0.1, 0.15) is 25.0 Å². The number of ether oxygens (including phenoxy) is 1. The number of nitrogens with two attached hydrogens (primary N) is 1. The number of hydrogen-bond acceptors (Lipinski definition) is 3. The Morgan fingerprint density at radius 2 is 2.15 bits per heavy atom. The molecule has 0 bridgehead atoms. The van der Waals surface area contributed by atoms with Crippen LogP contribution in [0.25, 0.3) is 0 Å². The van der Waals surface area contributed by atoms with Crippen molar-refractivity contribution in [3.05, 3.63) is 35.1 Å². The van der Waals surface area contributed by atoms with Crippen molar-refractivity contribution in [3.8, 4) is 0 Å². The van der Waals surface area contributed by atoms with E-state index in [0.29, 0.717) is 30.2 Å². The van der Waals surface area contributed by atoms with Crippen molar-refractivity contribution >= 4 is 17.2 Å². The zero-order valence-electron chi connectivity index (χ0n) is 12.4. The van der Waals surface area contributed by atoms with Gasteiger partial charge in [-0.2, -0.15) is 0 Å². The van der Waals surface area contributed by atoms with Gasteiger partial charge in [0.1, 0.15) is 10.8 Å². The first-order valence-electron chi connectivity index (χ1n) is 6.74. The average Bonchev–Trinajstić information content (AvgIpc) is 2.37. The lowest BCUT2D eigenvalue weighted by atomic mass is 10.1. The summed E-state index contributed by atoms with van der Waals surface area (Å²) in [5.74, 6) is 0.194. The van der Waals surface area contributed by atoms with Crippen LogP contribution in [0, 0.1) is 11.7 Å². The molecule has 0 amide bonds. The summed E-state index contributed by atoms with van der Waals surface area (Å²) in [6, 6.07) is 5.18. The molecule has 0 aliphatic rings. The molecule has 112 valence electrons. The molecule has 0 spiro atoms. The Morgan fingerprint density at radius 1 is 1.45 bits per heavy atom. The fraction of sp³-hybridized carbons (Fsp3) is 0.533. The van der Waals surface area contributed by atoms with Gasteiger partial charge in [-0.25, -0.2) is 4.39 Å². The third-order valence-electron chi connectivity index (χ3n) is 2.97. The summed E-state index contributed by atoms with van der Waals surface area (Å²) in [5.41, 5.74) is 6.46. The lowest BCUT2D eigenvalue weighted by Crippen LogP contribution is -2.31. The van der Waals surface area contributed by atoms with Gasteiger partial charge >= 0.3 is 0 Å². The van der Waals surface area contributed by atoms with Crippen molar-refractivity contribution in [1.82, 2.24) is 4.90 Å². The molecule has 1 aromatic carbocycles. The van der Waals surface area contributed by atoms with Crippen molar-refractivity contribution in [2.45, 2.75) is 20.4 Å². The van der Waals surface area contributed by atoms with Crippen molar-refractivity contribution in [2.75, 3.05) is 26.8 Å². The molecule has 0 fully saturated rings. The minimum atomic E-state index is -0.314. The van der Waals surface area contributed by atoms with Crippen molar-refractivity contribution in [1.29, 1.82) is 0 Å². The molecule has 2 N–H and O–H groups in total. The summed E-state index contributed by atoms with van der Waals surface area (Å²) in [7, 11) is 1.67. The number of methoxy groups -OCH3 is 1.